The van der Waals surface area contributed by atoms with E-state index in [-0.39, 0.29) is 11.7 Å². The summed E-state index contributed by atoms with van der Waals surface area (Å²) in [4.78, 5) is 4.10. The van der Waals surface area contributed by atoms with Crippen molar-refractivity contribution < 1.29 is 0 Å². The lowest BCUT2D eigenvalue weighted by Gasteiger charge is -2.28. The van der Waals surface area contributed by atoms with Crippen LogP contribution in [0.4, 0.5) is 0 Å². The van der Waals surface area contributed by atoms with Crippen molar-refractivity contribution in [2.75, 3.05) is 0 Å². The highest BCUT2D eigenvalue weighted by atomic mass is 35.5. The Labute approximate surface area is 151 Å². The van der Waals surface area contributed by atoms with E-state index in [1.807, 2.05) is 36.4 Å². The molecule has 1 aliphatic rings. The normalized spacial score (nSPS) is 17.2. The van der Waals surface area contributed by atoms with Crippen molar-refractivity contribution in [1.29, 1.82) is 0 Å². The number of rotatable bonds is 3. The van der Waals surface area contributed by atoms with Gasteiger partial charge in [-0.25, -0.2) is 4.99 Å². The molecule has 3 rings (SSSR count). The monoisotopic (exact) mass is 357 g/mol. The minimum Gasteiger partial charge on any atom is -0.398 e. The van der Waals surface area contributed by atoms with E-state index >= 15 is 0 Å². The zero-order valence-electron chi connectivity index (χ0n) is 13.0. The summed E-state index contributed by atoms with van der Waals surface area (Å²) in [6.07, 6.45) is 2.40. The van der Waals surface area contributed by atoms with Gasteiger partial charge in [-0.05, 0) is 35.3 Å². The van der Waals surface area contributed by atoms with Crippen molar-refractivity contribution in [3.05, 3.63) is 87.2 Å². The van der Waals surface area contributed by atoms with E-state index in [0.717, 1.165) is 22.3 Å². The van der Waals surface area contributed by atoms with Crippen LogP contribution < -0.4 is 11.5 Å². The zero-order chi connectivity index (χ0) is 17.3. The van der Waals surface area contributed by atoms with Gasteiger partial charge >= 0.3 is 0 Å². The Hall–Kier alpha value is -2.23. The fourth-order valence-corrected chi connectivity index (χ4v) is 3.28. The first-order valence-corrected chi connectivity index (χ1v) is 8.24. The average Bonchev–Trinajstić information content (AvgIpc) is 2.57. The third-order valence-electron chi connectivity index (χ3n) is 4.13. The third-order valence-corrected chi connectivity index (χ3v) is 4.87. The summed E-state index contributed by atoms with van der Waals surface area (Å²) in [6, 6.07) is 13.8. The summed E-state index contributed by atoms with van der Waals surface area (Å²) in [7, 11) is 0. The molecular weight excluding hydrogens is 341 g/mol. The van der Waals surface area contributed by atoms with Crippen LogP contribution in [0, 0.1) is 0 Å². The van der Waals surface area contributed by atoms with Crippen LogP contribution in [-0.2, 0) is 0 Å². The first-order chi connectivity index (χ1) is 11.5. The molecule has 0 radical (unpaired) electrons. The quantitative estimate of drug-likeness (QED) is 0.781. The van der Waals surface area contributed by atoms with Gasteiger partial charge in [0.05, 0.1) is 10.0 Å². The molecule has 0 bridgehead atoms. The molecule has 3 nitrogen and oxygen atoms in total. The summed E-state index contributed by atoms with van der Waals surface area (Å²) in [5.74, 6) is 0.371. The molecule has 0 aliphatic heterocycles. The van der Waals surface area contributed by atoms with Gasteiger partial charge in [-0.1, -0.05) is 60.1 Å². The maximum Gasteiger partial charge on any atom is 0.116 e. The summed E-state index contributed by atoms with van der Waals surface area (Å²) < 4.78 is 0. The fourth-order valence-electron chi connectivity index (χ4n) is 2.97. The lowest BCUT2D eigenvalue weighted by molar-refractivity contribution is 0.799. The molecule has 0 fully saturated rings. The fraction of sp³-hybridized carbons (Fsp3) is 0.105. The highest BCUT2D eigenvalue weighted by Crippen LogP contribution is 2.41. The number of fused-ring (bicyclic) bond motifs is 1. The standard InChI is InChI=1S/C19H17Cl2N3/c1-11(22)24-10-13-8-16(12-6-7-17(20)18(21)9-12)14-4-2-3-5-15(14)19(13)23/h2-7,9-10,16H,1,8,22-23H2/b24-10-. The molecule has 122 valence electrons. The Morgan fingerprint density at radius 3 is 2.62 bits per heavy atom. The summed E-state index contributed by atoms with van der Waals surface area (Å²) in [5, 5.41) is 1.08. The van der Waals surface area contributed by atoms with Crippen molar-refractivity contribution >= 4 is 35.1 Å². The Morgan fingerprint density at radius 1 is 1.17 bits per heavy atom. The first-order valence-electron chi connectivity index (χ1n) is 7.48. The van der Waals surface area contributed by atoms with Gasteiger partial charge in [0.25, 0.3) is 0 Å². The number of hydrogen-bond acceptors (Lipinski definition) is 3. The lowest BCUT2D eigenvalue weighted by Crippen LogP contribution is -2.17. The van der Waals surface area contributed by atoms with Crippen LogP contribution in [-0.4, -0.2) is 6.21 Å². The number of allylic oxidation sites excluding steroid dienone is 1. The third kappa shape index (κ3) is 3.18. The second-order valence-electron chi connectivity index (χ2n) is 5.71. The predicted molar refractivity (Wildman–Crippen MR) is 102 cm³/mol. The molecule has 0 aromatic heterocycles. The molecular formula is C19H17Cl2N3. The van der Waals surface area contributed by atoms with Crippen molar-refractivity contribution in [3.63, 3.8) is 0 Å². The summed E-state index contributed by atoms with van der Waals surface area (Å²) in [6.45, 7) is 3.59. The van der Waals surface area contributed by atoms with E-state index in [1.54, 1.807) is 6.21 Å². The van der Waals surface area contributed by atoms with Gasteiger partial charge in [0.15, 0.2) is 0 Å². The number of nitrogens with two attached hydrogens (primary N) is 2. The number of hydrogen-bond donors (Lipinski definition) is 2. The van der Waals surface area contributed by atoms with Crippen LogP contribution >= 0.6 is 23.2 Å². The summed E-state index contributed by atoms with van der Waals surface area (Å²) >= 11 is 12.3. The Balaban J connectivity index is 2.11. The largest absolute Gasteiger partial charge is 0.398 e. The topological polar surface area (TPSA) is 64.4 Å². The van der Waals surface area contributed by atoms with Crippen molar-refractivity contribution in [2.24, 2.45) is 16.5 Å². The number of aliphatic imine (C=N–C) groups is 1. The average molecular weight is 358 g/mol. The zero-order valence-corrected chi connectivity index (χ0v) is 14.5. The van der Waals surface area contributed by atoms with Crippen LogP contribution in [0.1, 0.15) is 29.0 Å². The molecule has 5 heteroatoms. The lowest BCUT2D eigenvalue weighted by atomic mass is 9.78. The molecule has 0 heterocycles. The molecule has 24 heavy (non-hydrogen) atoms. The van der Waals surface area contributed by atoms with Crippen LogP contribution in [0.15, 0.2) is 65.4 Å². The maximum atomic E-state index is 6.34. The van der Waals surface area contributed by atoms with Gasteiger partial charge in [-0.2, -0.15) is 0 Å². The second kappa shape index (κ2) is 6.71. The number of nitrogens with zero attached hydrogens (tertiary/aromatic N) is 1. The van der Waals surface area contributed by atoms with Gasteiger partial charge in [0.1, 0.15) is 5.82 Å². The molecule has 0 spiro atoms. The van der Waals surface area contributed by atoms with Crippen LogP contribution in [0.2, 0.25) is 10.0 Å². The van der Waals surface area contributed by atoms with Gasteiger partial charge in [-0.15, -0.1) is 0 Å². The van der Waals surface area contributed by atoms with E-state index in [1.165, 1.54) is 0 Å². The van der Waals surface area contributed by atoms with Crippen LogP contribution in [0.5, 0.6) is 0 Å². The van der Waals surface area contributed by atoms with E-state index in [0.29, 0.717) is 22.2 Å². The molecule has 1 aliphatic carbocycles. The van der Waals surface area contributed by atoms with Gasteiger partial charge in [0.2, 0.25) is 0 Å². The van der Waals surface area contributed by atoms with Gasteiger partial charge in [-0.3, -0.25) is 0 Å². The van der Waals surface area contributed by atoms with Crippen molar-refractivity contribution in [2.45, 2.75) is 12.3 Å². The molecule has 2 aromatic carbocycles. The second-order valence-corrected chi connectivity index (χ2v) is 6.52. The molecule has 2 aromatic rings. The van der Waals surface area contributed by atoms with E-state index in [9.17, 15) is 0 Å². The molecule has 0 saturated carbocycles. The number of benzene rings is 2. The first kappa shape index (κ1) is 16.6. The van der Waals surface area contributed by atoms with Gasteiger partial charge in [0, 0.05) is 23.4 Å². The highest BCUT2D eigenvalue weighted by molar-refractivity contribution is 6.42. The van der Waals surface area contributed by atoms with Crippen LogP contribution in [0.25, 0.3) is 5.70 Å². The number of halogens is 2. The predicted octanol–water partition coefficient (Wildman–Crippen LogP) is 4.70. The van der Waals surface area contributed by atoms with Crippen molar-refractivity contribution in [1.82, 2.24) is 0 Å². The van der Waals surface area contributed by atoms with Crippen LogP contribution in [0.3, 0.4) is 0 Å². The molecule has 0 saturated heterocycles. The van der Waals surface area contributed by atoms with Gasteiger partial charge < -0.3 is 11.5 Å². The van der Waals surface area contributed by atoms with Crippen molar-refractivity contribution in [3.8, 4) is 0 Å². The minimum atomic E-state index is 0.121. The smallest absolute Gasteiger partial charge is 0.116 e. The van der Waals surface area contributed by atoms with E-state index < -0.39 is 0 Å². The maximum absolute atomic E-state index is 6.34. The Morgan fingerprint density at radius 2 is 1.92 bits per heavy atom. The highest BCUT2D eigenvalue weighted by Gasteiger charge is 2.26. The Kier molecular flexibility index (Phi) is 4.65. The summed E-state index contributed by atoms with van der Waals surface area (Å²) in [5.41, 5.74) is 16.8. The minimum absolute atomic E-state index is 0.121. The Bertz CT molecular complexity index is 869. The van der Waals surface area contributed by atoms with E-state index in [4.69, 9.17) is 34.7 Å². The molecule has 4 N–H and O–H groups in total. The molecule has 1 unspecified atom stereocenters. The molecule has 0 amide bonds. The van der Waals surface area contributed by atoms with E-state index in [2.05, 4.69) is 17.6 Å². The SMILES string of the molecule is C=C(N)/N=C\C1=C(N)c2ccccc2C(c2ccc(Cl)c(Cl)c2)C1. The molecule has 1 atom stereocenters.